The monoisotopic (exact) mass is 240 g/mol. The van der Waals surface area contributed by atoms with E-state index in [0.29, 0.717) is 0 Å². The van der Waals surface area contributed by atoms with Crippen molar-refractivity contribution in [3.8, 4) is 0 Å². The molecule has 3 nitrogen and oxygen atoms in total. The van der Waals surface area contributed by atoms with E-state index in [2.05, 4.69) is 10.2 Å². The van der Waals surface area contributed by atoms with Gasteiger partial charge in [-0.15, -0.1) is 0 Å². The smallest absolute Gasteiger partial charge is 0.123 e. The molecule has 0 saturated heterocycles. The van der Waals surface area contributed by atoms with Gasteiger partial charge in [-0.1, -0.05) is 12.1 Å². The zero-order valence-corrected chi connectivity index (χ0v) is 10.6. The second-order valence-corrected chi connectivity index (χ2v) is 4.11. The maximum Gasteiger partial charge on any atom is 0.123 e. The van der Waals surface area contributed by atoms with E-state index in [9.17, 15) is 4.39 Å². The number of nitrogens with zero attached hydrogens (tertiary/aromatic N) is 1. The van der Waals surface area contributed by atoms with E-state index in [1.807, 2.05) is 13.1 Å². The zero-order chi connectivity index (χ0) is 12.5. The number of likely N-dealkylation sites (N-methyl/N-ethyl adjacent to an activating group) is 1. The standard InChI is InChI=1S/C13H21FN2O/c1-16(8-6-15-7-9-17-2)11-12-4-3-5-13(14)10-12/h3-5,10,15H,6-9,11H2,1-2H3. The second kappa shape index (κ2) is 8.17. The van der Waals surface area contributed by atoms with Crippen LogP contribution in [0, 0.1) is 5.82 Å². The molecule has 0 aliphatic rings. The highest BCUT2D eigenvalue weighted by Crippen LogP contribution is 2.05. The van der Waals surface area contributed by atoms with Crippen LogP contribution in [0.3, 0.4) is 0 Å². The summed E-state index contributed by atoms with van der Waals surface area (Å²) in [6.07, 6.45) is 0. The van der Waals surface area contributed by atoms with Crippen molar-refractivity contribution in [3.63, 3.8) is 0 Å². The van der Waals surface area contributed by atoms with Crippen molar-refractivity contribution < 1.29 is 9.13 Å². The molecule has 0 heterocycles. The Morgan fingerprint density at radius 2 is 2.18 bits per heavy atom. The molecule has 1 N–H and O–H groups in total. The lowest BCUT2D eigenvalue weighted by Crippen LogP contribution is -2.30. The fraction of sp³-hybridized carbons (Fsp3) is 0.538. The summed E-state index contributed by atoms with van der Waals surface area (Å²) >= 11 is 0. The van der Waals surface area contributed by atoms with Gasteiger partial charge in [0.15, 0.2) is 0 Å². The van der Waals surface area contributed by atoms with Crippen LogP contribution in [0.15, 0.2) is 24.3 Å². The minimum atomic E-state index is -0.172. The van der Waals surface area contributed by atoms with E-state index < -0.39 is 0 Å². The molecule has 0 unspecified atom stereocenters. The maximum absolute atomic E-state index is 13.0. The first-order valence-corrected chi connectivity index (χ1v) is 5.85. The van der Waals surface area contributed by atoms with E-state index in [0.717, 1.165) is 38.3 Å². The number of methoxy groups -OCH3 is 1. The molecule has 0 bridgehead atoms. The quantitative estimate of drug-likeness (QED) is 0.697. The van der Waals surface area contributed by atoms with Crippen LogP contribution in [0.25, 0.3) is 0 Å². The van der Waals surface area contributed by atoms with Gasteiger partial charge in [-0.25, -0.2) is 4.39 Å². The molecule has 0 radical (unpaired) electrons. The van der Waals surface area contributed by atoms with Gasteiger partial charge in [-0.05, 0) is 24.7 Å². The summed E-state index contributed by atoms with van der Waals surface area (Å²) in [6.45, 7) is 4.21. The van der Waals surface area contributed by atoms with E-state index in [-0.39, 0.29) is 5.82 Å². The summed E-state index contributed by atoms with van der Waals surface area (Å²) in [5.74, 6) is -0.172. The molecule has 0 atom stereocenters. The lowest BCUT2D eigenvalue weighted by molar-refractivity contribution is 0.197. The number of hydrogen-bond acceptors (Lipinski definition) is 3. The largest absolute Gasteiger partial charge is 0.383 e. The molecule has 0 aliphatic carbocycles. The molecule has 17 heavy (non-hydrogen) atoms. The molecule has 1 aromatic rings. The van der Waals surface area contributed by atoms with Crippen molar-refractivity contribution in [2.24, 2.45) is 0 Å². The summed E-state index contributed by atoms with van der Waals surface area (Å²) in [4.78, 5) is 2.16. The molecule has 96 valence electrons. The van der Waals surface area contributed by atoms with Gasteiger partial charge in [0.2, 0.25) is 0 Å². The lowest BCUT2D eigenvalue weighted by Gasteiger charge is -2.17. The first-order valence-electron chi connectivity index (χ1n) is 5.85. The first kappa shape index (κ1) is 14.1. The summed E-state index contributed by atoms with van der Waals surface area (Å²) in [5, 5.41) is 3.27. The van der Waals surface area contributed by atoms with Gasteiger partial charge in [0.05, 0.1) is 6.61 Å². The minimum Gasteiger partial charge on any atom is -0.383 e. The van der Waals surface area contributed by atoms with Gasteiger partial charge in [0, 0.05) is 33.3 Å². The Kier molecular flexibility index (Phi) is 6.77. The molecular weight excluding hydrogens is 219 g/mol. The average molecular weight is 240 g/mol. The summed E-state index contributed by atoms with van der Waals surface area (Å²) in [7, 11) is 3.72. The van der Waals surface area contributed by atoms with Gasteiger partial charge >= 0.3 is 0 Å². The molecular formula is C13H21FN2O. The van der Waals surface area contributed by atoms with Crippen molar-refractivity contribution in [3.05, 3.63) is 35.6 Å². The van der Waals surface area contributed by atoms with Crippen LogP contribution in [0.1, 0.15) is 5.56 Å². The summed E-state index contributed by atoms with van der Waals surface area (Å²) in [5.41, 5.74) is 1.00. The molecule has 0 amide bonds. The average Bonchev–Trinajstić information content (AvgIpc) is 2.29. The minimum absolute atomic E-state index is 0.172. The fourth-order valence-corrected chi connectivity index (χ4v) is 1.60. The highest BCUT2D eigenvalue weighted by atomic mass is 19.1. The second-order valence-electron chi connectivity index (χ2n) is 4.11. The van der Waals surface area contributed by atoms with Crippen molar-refractivity contribution in [2.75, 3.05) is 40.4 Å². The Labute approximate surface area is 103 Å². The third kappa shape index (κ3) is 6.36. The number of hydrogen-bond donors (Lipinski definition) is 1. The van der Waals surface area contributed by atoms with Crippen LogP contribution >= 0.6 is 0 Å². The van der Waals surface area contributed by atoms with Crippen molar-refractivity contribution in [1.82, 2.24) is 10.2 Å². The Balaban J connectivity index is 2.18. The molecule has 4 heteroatoms. The number of rotatable bonds is 8. The molecule has 0 fully saturated rings. The SMILES string of the molecule is COCCNCCN(C)Cc1cccc(F)c1. The molecule has 0 saturated carbocycles. The topological polar surface area (TPSA) is 24.5 Å². The fourth-order valence-electron chi connectivity index (χ4n) is 1.60. The van der Waals surface area contributed by atoms with Crippen molar-refractivity contribution in [2.45, 2.75) is 6.54 Å². The van der Waals surface area contributed by atoms with E-state index in [4.69, 9.17) is 4.74 Å². The van der Waals surface area contributed by atoms with Crippen molar-refractivity contribution >= 4 is 0 Å². The predicted octanol–water partition coefficient (Wildman–Crippen LogP) is 1.49. The van der Waals surface area contributed by atoms with Crippen LogP contribution in [0.2, 0.25) is 0 Å². The third-order valence-corrected chi connectivity index (χ3v) is 2.49. The van der Waals surface area contributed by atoms with Crippen LogP contribution < -0.4 is 5.32 Å². The predicted molar refractivity (Wildman–Crippen MR) is 67.5 cm³/mol. The molecule has 1 rings (SSSR count). The van der Waals surface area contributed by atoms with Crippen LogP contribution in [-0.2, 0) is 11.3 Å². The zero-order valence-electron chi connectivity index (χ0n) is 10.6. The molecule has 1 aromatic carbocycles. The highest BCUT2D eigenvalue weighted by molar-refractivity contribution is 5.15. The first-order chi connectivity index (χ1) is 8.22. The third-order valence-electron chi connectivity index (χ3n) is 2.49. The normalized spacial score (nSPS) is 11.1. The van der Waals surface area contributed by atoms with Crippen molar-refractivity contribution in [1.29, 1.82) is 0 Å². The van der Waals surface area contributed by atoms with E-state index in [1.165, 1.54) is 6.07 Å². The van der Waals surface area contributed by atoms with Gasteiger partial charge in [-0.3, -0.25) is 0 Å². The number of halogens is 1. The van der Waals surface area contributed by atoms with Crippen LogP contribution in [-0.4, -0.2) is 45.3 Å². The van der Waals surface area contributed by atoms with Gasteiger partial charge in [-0.2, -0.15) is 0 Å². The molecule has 0 aromatic heterocycles. The molecule has 0 aliphatic heterocycles. The van der Waals surface area contributed by atoms with Crippen LogP contribution in [0.5, 0.6) is 0 Å². The summed E-state index contributed by atoms with van der Waals surface area (Å²) < 4.78 is 17.9. The van der Waals surface area contributed by atoms with E-state index in [1.54, 1.807) is 19.2 Å². The highest BCUT2D eigenvalue weighted by Gasteiger charge is 2.00. The number of benzene rings is 1. The number of ether oxygens (including phenoxy) is 1. The lowest BCUT2D eigenvalue weighted by atomic mass is 10.2. The molecule has 0 spiro atoms. The summed E-state index contributed by atoms with van der Waals surface area (Å²) in [6, 6.07) is 6.73. The van der Waals surface area contributed by atoms with E-state index >= 15 is 0 Å². The van der Waals surface area contributed by atoms with Gasteiger partial charge in [0.1, 0.15) is 5.82 Å². The maximum atomic E-state index is 13.0. The van der Waals surface area contributed by atoms with Gasteiger partial charge in [0.25, 0.3) is 0 Å². The van der Waals surface area contributed by atoms with Gasteiger partial charge < -0.3 is 15.0 Å². The Morgan fingerprint density at radius 3 is 2.88 bits per heavy atom. The Morgan fingerprint density at radius 1 is 1.35 bits per heavy atom. The number of nitrogens with one attached hydrogen (secondary N) is 1. The Hall–Kier alpha value is -0.970. The Bertz CT molecular complexity index is 320. The van der Waals surface area contributed by atoms with Crippen LogP contribution in [0.4, 0.5) is 4.39 Å².